The number of hydrogen-bond donors (Lipinski definition) is 1. The second kappa shape index (κ2) is 7.70. The maximum atomic E-state index is 12.7. The Hall–Kier alpha value is -2.67. The lowest BCUT2D eigenvalue weighted by atomic mass is 10.2. The summed E-state index contributed by atoms with van der Waals surface area (Å²) in [7, 11) is 0. The Kier molecular flexibility index (Phi) is 5.37. The first kappa shape index (κ1) is 18.1. The highest BCUT2D eigenvalue weighted by Crippen LogP contribution is 2.22. The molecule has 0 atom stereocenters. The van der Waals surface area contributed by atoms with E-state index >= 15 is 0 Å². The summed E-state index contributed by atoms with van der Waals surface area (Å²) in [5.74, 6) is 0.210. The average Bonchev–Trinajstić information content (AvgIpc) is 2.63. The molecule has 1 fully saturated rings. The average molecular weight is 374 g/mol. The molecule has 1 aliphatic heterocycles. The quantitative estimate of drug-likeness (QED) is 0.832. The third-order valence-electron chi connectivity index (χ3n) is 4.26. The molecule has 136 valence electrons. The van der Waals surface area contributed by atoms with E-state index in [1.54, 1.807) is 21.9 Å². The lowest BCUT2D eigenvalue weighted by molar-refractivity contribution is -0.119. The summed E-state index contributed by atoms with van der Waals surface area (Å²) in [5.41, 5.74) is 2.83. The van der Waals surface area contributed by atoms with Gasteiger partial charge in [0.25, 0.3) is 5.91 Å². The number of amides is 2. The zero-order chi connectivity index (χ0) is 18.7. The van der Waals surface area contributed by atoms with E-state index in [9.17, 15) is 9.59 Å². The molecule has 0 saturated carbocycles. The first-order valence-corrected chi connectivity index (χ1v) is 8.71. The maximum Gasteiger partial charge on any atom is 0.272 e. The standard InChI is InChI=1S/C18H20ClN5O2/c1-12-9-14(19)3-4-15(12)21-18-20-13(2)10-16(22-18)17(26)24-7-5-23(11-25)6-8-24/h3-4,9-11H,5-8H2,1-2H3,(H,20,21,22). The molecule has 0 unspecified atom stereocenters. The van der Waals surface area contributed by atoms with E-state index in [1.165, 1.54) is 0 Å². The minimum atomic E-state index is -0.156. The first-order chi connectivity index (χ1) is 12.5. The largest absolute Gasteiger partial charge is 0.342 e. The monoisotopic (exact) mass is 373 g/mol. The van der Waals surface area contributed by atoms with Gasteiger partial charge in [0.15, 0.2) is 0 Å². The van der Waals surface area contributed by atoms with Crippen molar-refractivity contribution in [3.8, 4) is 0 Å². The molecule has 0 bridgehead atoms. The Morgan fingerprint density at radius 1 is 1.15 bits per heavy atom. The second-order valence-corrected chi connectivity index (χ2v) is 6.67. The van der Waals surface area contributed by atoms with Gasteiger partial charge in [0.05, 0.1) is 0 Å². The van der Waals surface area contributed by atoms with Gasteiger partial charge in [-0.1, -0.05) is 11.6 Å². The molecular weight excluding hydrogens is 354 g/mol. The number of aromatic nitrogens is 2. The van der Waals surface area contributed by atoms with Crippen LogP contribution in [0, 0.1) is 13.8 Å². The van der Waals surface area contributed by atoms with Gasteiger partial charge >= 0.3 is 0 Å². The fraction of sp³-hybridized carbons (Fsp3) is 0.333. The van der Waals surface area contributed by atoms with Gasteiger partial charge in [-0.3, -0.25) is 9.59 Å². The van der Waals surface area contributed by atoms with E-state index in [0.717, 1.165) is 17.7 Å². The minimum absolute atomic E-state index is 0.156. The van der Waals surface area contributed by atoms with Gasteiger partial charge < -0.3 is 15.1 Å². The topological polar surface area (TPSA) is 78.4 Å². The number of anilines is 2. The Labute approximate surface area is 157 Å². The Bertz CT molecular complexity index is 834. The second-order valence-electron chi connectivity index (χ2n) is 6.24. The van der Waals surface area contributed by atoms with Gasteiger partial charge in [-0.25, -0.2) is 9.97 Å². The van der Waals surface area contributed by atoms with Gasteiger partial charge in [0.2, 0.25) is 12.4 Å². The number of benzene rings is 1. The number of piperazine rings is 1. The predicted molar refractivity (Wildman–Crippen MR) is 99.8 cm³/mol. The van der Waals surface area contributed by atoms with Gasteiger partial charge in [-0.05, 0) is 43.7 Å². The maximum absolute atomic E-state index is 12.7. The van der Waals surface area contributed by atoms with Gasteiger partial charge in [0.1, 0.15) is 5.69 Å². The van der Waals surface area contributed by atoms with E-state index in [1.807, 2.05) is 26.0 Å². The van der Waals surface area contributed by atoms with E-state index in [0.29, 0.717) is 48.5 Å². The lowest BCUT2D eigenvalue weighted by Crippen LogP contribution is -2.48. The van der Waals surface area contributed by atoms with Crippen molar-refractivity contribution >= 4 is 35.6 Å². The van der Waals surface area contributed by atoms with Crippen LogP contribution in [-0.2, 0) is 4.79 Å². The van der Waals surface area contributed by atoms with Crippen molar-refractivity contribution in [3.05, 3.63) is 46.2 Å². The molecule has 8 heteroatoms. The molecular formula is C18H20ClN5O2. The van der Waals surface area contributed by atoms with E-state index in [2.05, 4.69) is 15.3 Å². The number of nitrogens with zero attached hydrogens (tertiary/aromatic N) is 4. The van der Waals surface area contributed by atoms with Crippen LogP contribution in [0.2, 0.25) is 5.02 Å². The Morgan fingerprint density at radius 2 is 1.88 bits per heavy atom. The molecule has 0 aliphatic carbocycles. The molecule has 0 radical (unpaired) electrons. The highest BCUT2D eigenvalue weighted by atomic mass is 35.5. The Morgan fingerprint density at radius 3 is 2.54 bits per heavy atom. The molecule has 1 saturated heterocycles. The highest BCUT2D eigenvalue weighted by molar-refractivity contribution is 6.30. The number of rotatable bonds is 4. The van der Waals surface area contributed by atoms with Crippen molar-refractivity contribution in [2.24, 2.45) is 0 Å². The fourth-order valence-electron chi connectivity index (χ4n) is 2.81. The fourth-order valence-corrected chi connectivity index (χ4v) is 3.04. The predicted octanol–water partition coefficient (Wildman–Crippen LogP) is 2.40. The van der Waals surface area contributed by atoms with Crippen molar-refractivity contribution in [2.75, 3.05) is 31.5 Å². The first-order valence-electron chi connectivity index (χ1n) is 8.34. The summed E-state index contributed by atoms with van der Waals surface area (Å²) in [4.78, 5) is 35.7. The SMILES string of the molecule is Cc1cc(C(=O)N2CCN(C=O)CC2)nc(Nc2ccc(Cl)cc2C)n1. The lowest BCUT2D eigenvalue weighted by Gasteiger charge is -2.32. The number of hydrogen-bond acceptors (Lipinski definition) is 5. The zero-order valence-corrected chi connectivity index (χ0v) is 15.5. The van der Waals surface area contributed by atoms with Crippen molar-refractivity contribution in [1.29, 1.82) is 0 Å². The van der Waals surface area contributed by atoms with E-state index < -0.39 is 0 Å². The molecule has 3 rings (SSSR count). The van der Waals surface area contributed by atoms with Crippen LogP contribution in [0.3, 0.4) is 0 Å². The van der Waals surface area contributed by atoms with Crippen LogP contribution in [0.25, 0.3) is 0 Å². The molecule has 7 nitrogen and oxygen atoms in total. The molecule has 2 heterocycles. The number of carbonyl (C=O) groups is 2. The molecule has 0 spiro atoms. The number of halogens is 1. The molecule has 1 aliphatic rings. The van der Waals surface area contributed by atoms with Crippen molar-refractivity contribution in [3.63, 3.8) is 0 Å². The van der Waals surface area contributed by atoms with E-state index in [-0.39, 0.29) is 5.91 Å². The molecule has 2 amide bonds. The van der Waals surface area contributed by atoms with Crippen LogP contribution in [0.1, 0.15) is 21.7 Å². The van der Waals surface area contributed by atoms with Gasteiger partial charge in [-0.2, -0.15) is 0 Å². The molecule has 2 aromatic rings. The molecule has 1 N–H and O–H groups in total. The van der Waals surface area contributed by atoms with Crippen LogP contribution >= 0.6 is 11.6 Å². The third kappa shape index (κ3) is 4.11. The van der Waals surface area contributed by atoms with Crippen LogP contribution < -0.4 is 5.32 Å². The molecule has 1 aromatic heterocycles. The Balaban J connectivity index is 1.79. The summed E-state index contributed by atoms with van der Waals surface area (Å²) in [6.07, 6.45) is 0.813. The van der Waals surface area contributed by atoms with Crippen LogP contribution in [0.4, 0.5) is 11.6 Å². The van der Waals surface area contributed by atoms with Crippen LogP contribution in [0.5, 0.6) is 0 Å². The summed E-state index contributed by atoms with van der Waals surface area (Å²) >= 11 is 5.98. The molecule has 26 heavy (non-hydrogen) atoms. The molecule has 1 aromatic carbocycles. The van der Waals surface area contributed by atoms with Gasteiger partial charge in [0, 0.05) is 42.6 Å². The van der Waals surface area contributed by atoms with Crippen LogP contribution in [-0.4, -0.2) is 58.3 Å². The van der Waals surface area contributed by atoms with Crippen molar-refractivity contribution in [1.82, 2.24) is 19.8 Å². The van der Waals surface area contributed by atoms with Crippen molar-refractivity contribution < 1.29 is 9.59 Å². The number of nitrogens with one attached hydrogen (secondary N) is 1. The zero-order valence-electron chi connectivity index (χ0n) is 14.7. The highest BCUT2D eigenvalue weighted by Gasteiger charge is 2.23. The van der Waals surface area contributed by atoms with Crippen LogP contribution in [0.15, 0.2) is 24.3 Å². The summed E-state index contributed by atoms with van der Waals surface area (Å²) < 4.78 is 0. The van der Waals surface area contributed by atoms with Gasteiger partial charge in [-0.15, -0.1) is 0 Å². The number of aryl methyl sites for hydroxylation is 2. The summed E-state index contributed by atoms with van der Waals surface area (Å²) in [6, 6.07) is 7.15. The number of carbonyl (C=O) groups excluding carboxylic acids is 2. The normalized spacial score (nSPS) is 14.3. The smallest absolute Gasteiger partial charge is 0.272 e. The summed E-state index contributed by atoms with van der Waals surface area (Å²) in [6.45, 7) is 5.83. The van der Waals surface area contributed by atoms with Crippen molar-refractivity contribution in [2.45, 2.75) is 13.8 Å². The minimum Gasteiger partial charge on any atom is -0.342 e. The van der Waals surface area contributed by atoms with E-state index in [4.69, 9.17) is 11.6 Å². The third-order valence-corrected chi connectivity index (χ3v) is 4.49. The summed E-state index contributed by atoms with van der Waals surface area (Å²) in [5, 5.41) is 3.80.